The van der Waals surface area contributed by atoms with Crippen LogP contribution in [0.3, 0.4) is 0 Å². The van der Waals surface area contributed by atoms with Crippen LogP contribution in [0.2, 0.25) is 0 Å². The molecule has 0 aromatic heterocycles. The van der Waals surface area contributed by atoms with Crippen molar-refractivity contribution in [1.29, 1.82) is 0 Å². The fourth-order valence-corrected chi connectivity index (χ4v) is 2.77. The highest BCUT2D eigenvalue weighted by molar-refractivity contribution is 14.0. The lowest BCUT2D eigenvalue weighted by Crippen LogP contribution is -2.39. The fraction of sp³-hybridized carbons (Fsp3) is 0.278. The van der Waals surface area contributed by atoms with E-state index in [0.29, 0.717) is 32.2 Å². The number of para-hydroxylation sites is 1. The number of sulfonamides is 1. The van der Waals surface area contributed by atoms with Crippen LogP contribution in [0.15, 0.2) is 64.5 Å². The van der Waals surface area contributed by atoms with Crippen LogP contribution >= 0.6 is 24.0 Å². The summed E-state index contributed by atoms with van der Waals surface area (Å²) in [6.07, 6.45) is 0. The molecule has 0 atom stereocenters. The van der Waals surface area contributed by atoms with E-state index in [1.807, 2.05) is 37.3 Å². The van der Waals surface area contributed by atoms with Gasteiger partial charge in [-0.05, 0) is 36.8 Å². The summed E-state index contributed by atoms with van der Waals surface area (Å²) in [4.78, 5) is 4.54. The fourth-order valence-electron chi connectivity index (χ4n) is 2.19. The van der Waals surface area contributed by atoms with E-state index < -0.39 is 10.0 Å². The molecule has 9 heteroatoms. The Labute approximate surface area is 177 Å². The minimum Gasteiger partial charge on any atom is -0.492 e. The molecule has 7 nitrogen and oxygen atoms in total. The van der Waals surface area contributed by atoms with E-state index >= 15 is 0 Å². The molecule has 148 valence electrons. The molecule has 27 heavy (non-hydrogen) atoms. The van der Waals surface area contributed by atoms with Gasteiger partial charge in [-0.2, -0.15) is 0 Å². The molecular formula is C18H25IN4O3S. The maximum Gasteiger partial charge on any atom is 0.238 e. The predicted octanol–water partition coefficient (Wildman–Crippen LogP) is 2.09. The lowest BCUT2D eigenvalue weighted by molar-refractivity contribution is 0.322. The largest absolute Gasteiger partial charge is 0.492 e. The number of hydrogen-bond acceptors (Lipinski definition) is 4. The Morgan fingerprint density at radius 3 is 2.52 bits per heavy atom. The number of guanidine groups is 1. The number of nitrogens with two attached hydrogens (primary N) is 1. The van der Waals surface area contributed by atoms with Crippen molar-refractivity contribution in [3.05, 3.63) is 60.2 Å². The summed E-state index contributed by atoms with van der Waals surface area (Å²) in [6, 6.07) is 16.0. The maximum absolute atomic E-state index is 11.4. The Balaban J connectivity index is 0.00000364. The van der Waals surface area contributed by atoms with Gasteiger partial charge in [0, 0.05) is 6.54 Å². The van der Waals surface area contributed by atoms with Gasteiger partial charge in [-0.1, -0.05) is 30.3 Å². The molecule has 2 aromatic carbocycles. The van der Waals surface area contributed by atoms with Crippen molar-refractivity contribution in [3.8, 4) is 5.75 Å². The number of aliphatic imine (C=N–C) groups is 1. The van der Waals surface area contributed by atoms with Gasteiger partial charge in [-0.3, -0.25) is 0 Å². The van der Waals surface area contributed by atoms with Crippen LogP contribution in [0.5, 0.6) is 5.75 Å². The Morgan fingerprint density at radius 1 is 1.11 bits per heavy atom. The van der Waals surface area contributed by atoms with Gasteiger partial charge in [0.15, 0.2) is 5.96 Å². The van der Waals surface area contributed by atoms with Crippen molar-refractivity contribution in [3.63, 3.8) is 0 Å². The highest BCUT2D eigenvalue weighted by Gasteiger charge is 2.07. The Morgan fingerprint density at radius 2 is 1.85 bits per heavy atom. The summed E-state index contributed by atoms with van der Waals surface area (Å²) in [7, 11) is -3.71. The van der Waals surface area contributed by atoms with E-state index in [9.17, 15) is 8.42 Å². The molecule has 0 saturated heterocycles. The van der Waals surface area contributed by atoms with Gasteiger partial charge in [0.05, 0.1) is 18.0 Å². The monoisotopic (exact) mass is 504 g/mol. The van der Waals surface area contributed by atoms with Gasteiger partial charge in [-0.25, -0.2) is 18.5 Å². The zero-order chi connectivity index (χ0) is 18.8. The van der Waals surface area contributed by atoms with E-state index in [2.05, 4.69) is 15.6 Å². The molecule has 4 N–H and O–H groups in total. The smallest absolute Gasteiger partial charge is 0.238 e. The summed E-state index contributed by atoms with van der Waals surface area (Å²) >= 11 is 0. The average molecular weight is 504 g/mol. The molecular weight excluding hydrogens is 479 g/mol. The molecule has 0 spiro atoms. The van der Waals surface area contributed by atoms with Crippen molar-refractivity contribution in [2.24, 2.45) is 10.1 Å². The first-order chi connectivity index (χ1) is 12.5. The van der Waals surface area contributed by atoms with Crippen molar-refractivity contribution >= 4 is 40.0 Å². The van der Waals surface area contributed by atoms with E-state index in [1.54, 1.807) is 12.1 Å². The minimum atomic E-state index is -3.71. The lowest BCUT2D eigenvalue weighted by atomic mass is 10.2. The third-order valence-electron chi connectivity index (χ3n) is 3.40. The molecule has 0 saturated carbocycles. The van der Waals surface area contributed by atoms with Crippen LogP contribution in [-0.2, 0) is 16.6 Å². The van der Waals surface area contributed by atoms with E-state index in [0.717, 1.165) is 11.3 Å². The molecule has 0 unspecified atom stereocenters. The van der Waals surface area contributed by atoms with Crippen LogP contribution in [0.25, 0.3) is 0 Å². The number of halogens is 1. The van der Waals surface area contributed by atoms with E-state index in [1.165, 1.54) is 12.1 Å². The molecule has 2 rings (SSSR count). The minimum absolute atomic E-state index is 0. The Kier molecular flexibility index (Phi) is 10.1. The molecule has 0 bridgehead atoms. The number of hydrogen-bond donors (Lipinski definition) is 3. The summed E-state index contributed by atoms with van der Waals surface area (Å²) in [5.41, 5.74) is 0.759. The van der Waals surface area contributed by atoms with Gasteiger partial charge in [0.25, 0.3) is 0 Å². The summed E-state index contributed by atoms with van der Waals surface area (Å²) in [5, 5.41) is 11.5. The van der Waals surface area contributed by atoms with Gasteiger partial charge in [0.1, 0.15) is 12.4 Å². The molecule has 0 aliphatic rings. The number of primary sulfonamides is 1. The summed E-state index contributed by atoms with van der Waals surface area (Å²) < 4.78 is 28.5. The highest BCUT2D eigenvalue weighted by Crippen LogP contribution is 2.10. The van der Waals surface area contributed by atoms with Crippen LogP contribution < -0.4 is 20.5 Å². The SMILES string of the molecule is CCNC(=NCc1cccc(S(N)(=O)=O)c1)NCCOc1ccccc1.I. The summed E-state index contributed by atoms with van der Waals surface area (Å²) in [6.45, 7) is 4.09. The number of benzene rings is 2. The van der Waals surface area contributed by atoms with Gasteiger partial charge in [0.2, 0.25) is 10.0 Å². The van der Waals surface area contributed by atoms with Gasteiger partial charge in [-0.15, -0.1) is 24.0 Å². The highest BCUT2D eigenvalue weighted by atomic mass is 127. The van der Waals surface area contributed by atoms with Crippen molar-refractivity contribution in [1.82, 2.24) is 10.6 Å². The van der Waals surface area contributed by atoms with Gasteiger partial charge >= 0.3 is 0 Å². The third-order valence-corrected chi connectivity index (χ3v) is 4.31. The van der Waals surface area contributed by atoms with Crippen LogP contribution in [-0.4, -0.2) is 34.1 Å². The lowest BCUT2D eigenvalue weighted by Gasteiger charge is -2.12. The Bertz CT molecular complexity index is 830. The van der Waals surface area contributed by atoms with Crippen LogP contribution in [0.4, 0.5) is 0 Å². The first-order valence-electron chi connectivity index (χ1n) is 8.31. The molecule has 0 fully saturated rings. The summed E-state index contributed by atoms with van der Waals surface area (Å²) in [5.74, 6) is 1.45. The van der Waals surface area contributed by atoms with Crippen LogP contribution in [0, 0.1) is 0 Å². The quantitative estimate of drug-likeness (QED) is 0.221. The second kappa shape index (κ2) is 11.8. The zero-order valence-corrected chi connectivity index (χ0v) is 18.2. The number of rotatable bonds is 8. The second-order valence-electron chi connectivity index (χ2n) is 5.48. The van der Waals surface area contributed by atoms with Crippen LogP contribution in [0.1, 0.15) is 12.5 Å². The molecule has 0 heterocycles. The second-order valence-corrected chi connectivity index (χ2v) is 7.04. The van der Waals surface area contributed by atoms with Crippen molar-refractivity contribution in [2.75, 3.05) is 19.7 Å². The zero-order valence-electron chi connectivity index (χ0n) is 15.1. The topological polar surface area (TPSA) is 106 Å². The standard InChI is InChI=1S/C18H24N4O3S.HI/c1-2-20-18(21-11-12-25-16-8-4-3-5-9-16)22-14-15-7-6-10-17(13-15)26(19,23)24;/h3-10,13H,2,11-12,14H2,1H3,(H2,19,23,24)(H2,20,21,22);1H. The first kappa shape index (κ1) is 23.2. The third kappa shape index (κ3) is 8.59. The number of nitrogens with one attached hydrogen (secondary N) is 2. The van der Waals surface area contributed by atoms with E-state index in [4.69, 9.17) is 9.88 Å². The average Bonchev–Trinajstić information content (AvgIpc) is 2.63. The normalized spacial score (nSPS) is 11.4. The molecule has 0 radical (unpaired) electrons. The number of nitrogens with zero attached hydrogens (tertiary/aromatic N) is 1. The molecule has 0 aliphatic carbocycles. The Hall–Kier alpha value is -1.85. The molecule has 0 amide bonds. The maximum atomic E-state index is 11.4. The predicted molar refractivity (Wildman–Crippen MR) is 118 cm³/mol. The van der Waals surface area contributed by atoms with Gasteiger partial charge < -0.3 is 15.4 Å². The van der Waals surface area contributed by atoms with E-state index in [-0.39, 0.29) is 28.9 Å². The molecule has 2 aromatic rings. The van der Waals surface area contributed by atoms with Crippen molar-refractivity contribution < 1.29 is 13.2 Å². The molecule has 0 aliphatic heterocycles. The first-order valence-corrected chi connectivity index (χ1v) is 9.85. The van der Waals surface area contributed by atoms with Crippen molar-refractivity contribution in [2.45, 2.75) is 18.4 Å². The number of ether oxygens (including phenoxy) is 1.